The Morgan fingerprint density at radius 2 is 2.36 bits per heavy atom. The molecule has 0 radical (unpaired) electrons. The van der Waals surface area contributed by atoms with Crippen molar-refractivity contribution in [3.63, 3.8) is 0 Å². The Bertz CT molecular complexity index is 674. The molecule has 0 bridgehead atoms. The lowest BCUT2D eigenvalue weighted by atomic mass is 10.2. The second-order valence-corrected chi connectivity index (χ2v) is 6.30. The van der Waals surface area contributed by atoms with E-state index in [0.29, 0.717) is 18.3 Å². The summed E-state index contributed by atoms with van der Waals surface area (Å²) in [5.74, 6) is 0.302. The first kappa shape index (κ1) is 17.6. The summed E-state index contributed by atoms with van der Waals surface area (Å²) in [6, 6.07) is 5.60. The summed E-state index contributed by atoms with van der Waals surface area (Å²) in [6.45, 7) is 2.87. The normalized spacial score (nSPS) is 17.7. The summed E-state index contributed by atoms with van der Waals surface area (Å²) in [7, 11) is 0. The maximum Gasteiger partial charge on any atom is 0.273 e. The van der Waals surface area contributed by atoms with Gasteiger partial charge in [-0.3, -0.25) is 14.7 Å². The predicted octanol–water partition coefficient (Wildman–Crippen LogP) is 1.70. The molecule has 7 heteroatoms. The number of carbonyl (C=O) groups is 1. The Kier molecular flexibility index (Phi) is 6.14. The quantitative estimate of drug-likeness (QED) is 0.708. The predicted molar refractivity (Wildman–Crippen MR) is 93.0 cm³/mol. The Hall–Kier alpha value is -2.25. The van der Waals surface area contributed by atoms with Crippen molar-refractivity contribution in [2.45, 2.75) is 31.7 Å². The molecule has 1 unspecified atom stereocenters. The summed E-state index contributed by atoms with van der Waals surface area (Å²) in [5.41, 5.74) is 1.07. The van der Waals surface area contributed by atoms with Crippen LogP contribution in [0.4, 0.5) is 0 Å². The van der Waals surface area contributed by atoms with Crippen molar-refractivity contribution in [3.8, 4) is 11.3 Å². The summed E-state index contributed by atoms with van der Waals surface area (Å²) in [4.78, 5) is 18.5. The minimum atomic E-state index is -0.228. The number of nitrogens with zero attached hydrogens (tertiary/aromatic N) is 3. The molecule has 0 saturated carbocycles. The van der Waals surface area contributed by atoms with Gasteiger partial charge in [0.2, 0.25) is 0 Å². The van der Waals surface area contributed by atoms with E-state index < -0.39 is 0 Å². The first-order valence-corrected chi connectivity index (χ1v) is 8.78. The molecule has 1 amide bonds. The Morgan fingerprint density at radius 3 is 3.16 bits per heavy atom. The van der Waals surface area contributed by atoms with Gasteiger partial charge in [0.25, 0.3) is 5.91 Å². The molecule has 0 aliphatic carbocycles. The molecule has 1 aliphatic rings. The number of hydrogen-bond acceptors (Lipinski definition) is 6. The second-order valence-electron chi connectivity index (χ2n) is 6.30. The zero-order chi connectivity index (χ0) is 17.5. The third-order valence-corrected chi connectivity index (χ3v) is 4.56. The number of likely N-dealkylation sites (tertiary alicyclic amines) is 1. The van der Waals surface area contributed by atoms with Gasteiger partial charge in [0.05, 0.1) is 6.61 Å². The number of unbranched alkanes of at least 4 members (excludes halogenated alkanes) is 1. The van der Waals surface area contributed by atoms with Crippen molar-refractivity contribution in [3.05, 3.63) is 36.3 Å². The lowest BCUT2D eigenvalue weighted by molar-refractivity contribution is 0.0943. The SMILES string of the molecule is O=C(NCCCCN1CCCC1CO)c1cc(-c2cccnc2)on1. The fourth-order valence-corrected chi connectivity index (χ4v) is 3.16. The molecule has 25 heavy (non-hydrogen) atoms. The zero-order valence-corrected chi connectivity index (χ0v) is 14.2. The van der Waals surface area contributed by atoms with E-state index in [1.807, 2.05) is 6.07 Å². The molecule has 2 N–H and O–H groups in total. The van der Waals surface area contributed by atoms with Gasteiger partial charge in [-0.2, -0.15) is 0 Å². The lowest BCUT2D eigenvalue weighted by Crippen LogP contribution is -2.33. The van der Waals surface area contributed by atoms with E-state index in [2.05, 4.69) is 20.4 Å². The number of amides is 1. The number of carbonyl (C=O) groups excluding carboxylic acids is 1. The van der Waals surface area contributed by atoms with Crippen LogP contribution in [0.5, 0.6) is 0 Å². The molecule has 3 rings (SSSR count). The first-order valence-electron chi connectivity index (χ1n) is 8.78. The molecule has 2 aromatic rings. The van der Waals surface area contributed by atoms with Crippen LogP contribution in [0.3, 0.4) is 0 Å². The van der Waals surface area contributed by atoms with Crippen LogP contribution in [0, 0.1) is 0 Å². The number of hydrogen-bond donors (Lipinski definition) is 2. The van der Waals surface area contributed by atoms with Crippen LogP contribution in [-0.2, 0) is 0 Å². The van der Waals surface area contributed by atoms with Crippen molar-refractivity contribution < 1.29 is 14.4 Å². The van der Waals surface area contributed by atoms with Crippen LogP contribution in [0.2, 0.25) is 0 Å². The molecule has 7 nitrogen and oxygen atoms in total. The third-order valence-electron chi connectivity index (χ3n) is 4.56. The van der Waals surface area contributed by atoms with Gasteiger partial charge in [-0.25, -0.2) is 0 Å². The smallest absolute Gasteiger partial charge is 0.273 e. The second kappa shape index (κ2) is 8.73. The molecule has 3 heterocycles. The van der Waals surface area contributed by atoms with E-state index in [1.165, 1.54) is 0 Å². The van der Waals surface area contributed by atoms with Crippen molar-refractivity contribution in [1.82, 2.24) is 20.4 Å². The summed E-state index contributed by atoms with van der Waals surface area (Å²) in [5, 5.41) is 16.0. The maximum atomic E-state index is 12.1. The van der Waals surface area contributed by atoms with Gasteiger partial charge in [0.15, 0.2) is 11.5 Å². The molecule has 0 spiro atoms. The van der Waals surface area contributed by atoms with Crippen LogP contribution in [0.25, 0.3) is 11.3 Å². The van der Waals surface area contributed by atoms with Crippen LogP contribution >= 0.6 is 0 Å². The number of pyridine rings is 1. The van der Waals surface area contributed by atoms with Crippen LogP contribution in [-0.4, -0.2) is 58.3 Å². The average Bonchev–Trinajstić information content (AvgIpc) is 3.31. The first-order chi connectivity index (χ1) is 12.3. The molecule has 0 aromatic carbocycles. The molecule has 134 valence electrons. The Labute approximate surface area is 147 Å². The Balaban J connectivity index is 1.39. The standard InChI is InChI=1S/C18H24N4O3/c23-13-15-6-4-10-22(15)9-2-1-8-20-18(24)16-11-17(25-21-16)14-5-3-7-19-12-14/h3,5,7,11-12,15,23H,1-2,4,6,8-10,13H2,(H,20,24). The van der Waals surface area contributed by atoms with E-state index in [4.69, 9.17) is 4.52 Å². The van der Waals surface area contributed by atoms with Gasteiger partial charge < -0.3 is 14.9 Å². The largest absolute Gasteiger partial charge is 0.395 e. The minimum absolute atomic E-state index is 0.228. The van der Waals surface area contributed by atoms with E-state index in [-0.39, 0.29) is 18.2 Å². The van der Waals surface area contributed by atoms with Crippen LogP contribution in [0.15, 0.2) is 35.1 Å². The Morgan fingerprint density at radius 1 is 1.44 bits per heavy atom. The lowest BCUT2D eigenvalue weighted by Gasteiger charge is -2.22. The molecular formula is C18H24N4O3. The zero-order valence-electron chi connectivity index (χ0n) is 14.2. The van der Waals surface area contributed by atoms with E-state index >= 15 is 0 Å². The molecule has 2 aromatic heterocycles. The van der Waals surface area contributed by atoms with Crippen LogP contribution < -0.4 is 5.32 Å². The van der Waals surface area contributed by atoms with Gasteiger partial charge in [-0.15, -0.1) is 0 Å². The number of nitrogens with one attached hydrogen (secondary N) is 1. The van der Waals surface area contributed by atoms with Gasteiger partial charge in [0, 0.05) is 36.6 Å². The van der Waals surface area contributed by atoms with E-state index in [1.54, 1.807) is 24.5 Å². The maximum absolute atomic E-state index is 12.1. The van der Waals surface area contributed by atoms with Crippen molar-refractivity contribution in [2.24, 2.45) is 0 Å². The van der Waals surface area contributed by atoms with Crippen molar-refractivity contribution in [2.75, 3.05) is 26.2 Å². The van der Waals surface area contributed by atoms with E-state index in [9.17, 15) is 9.90 Å². The average molecular weight is 344 g/mol. The summed E-state index contributed by atoms with van der Waals surface area (Å²) in [6.07, 6.45) is 7.48. The molecule has 1 aliphatic heterocycles. The van der Waals surface area contributed by atoms with Gasteiger partial charge in [-0.05, 0) is 50.9 Å². The molecule has 1 saturated heterocycles. The fraction of sp³-hybridized carbons (Fsp3) is 0.500. The topological polar surface area (TPSA) is 91.5 Å². The fourth-order valence-electron chi connectivity index (χ4n) is 3.16. The van der Waals surface area contributed by atoms with Crippen LogP contribution in [0.1, 0.15) is 36.2 Å². The summed E-state index contributed by atoms with van der Waals surface area (Å²) >= 11 is 0. The van der Waals surface area contributed by atoms with E-state index in [0.717, 1.165) is 44.3 Å². The van der Waals surface area contributed by atoms with Crippen molar-refractivity contribution >= 4 is 5.91 Å². The highest BCUT2D eigenvalue weighted by Gasteiger charge is 2.22. The highest BCUT2D eigenvalue weighted by Crippen LogP contribution is 2.19. The highest BCUT2D eigenvalue weighted by atomic mass is 16.5. The summed E-state index contributed by atoms with van der Waals surface area (Å²) < 4.78 is 5.21. The van der Waals surface area contributed by atoms with Gasteiger partial charge in [0.1, 0.15) is 0 Å². The van der Waals surface area contributed by atoms with Gasteiger partial charge in [-0.1, -0.05) is 5.16 Å². The monoisotopic (exact) mass is 344 g/mol. The minimum Gasteiger partial charge on any atom is -0.395 e. The van der Waals surface area contributed by atoms with Crippen molar-refractivity contribution in [1.29, 1.82) is 0 Å². The molecule has 1 atom stereocenters. The highest BCUT2D eigenvalue weighted by molar-refractivity contribution is 5.93. The number of aliphatic hydroxyl groups excluding tert-OH is 1. The third kappa shape index (κ3) is 4.64. The molecule has 1 fully saturated rings. The number of rotatable bonds is 8. The molecular weight excluding hydrogens is 320 g/mol. The number of aliphatic hydroxyl groups is 1. The van der Waals surface area contributed by atoms with Gasteiger partial charge >= 0.3 is 0 Å². The number of aromatic nitrogens is 2.